The highest BCUT2D eigenvalue weighted by Crippen LogP contribution is 2.44. The van der Waals surface area contributed by atoms with Gasteiger partial charge in [-0.3, -0.25) is 4.79 Å². The maximum absolute atomic E-state index is 11.9. The molecule has 2 N–H and O–H groups in total. The minimum Gasteiger partial charge on any atom is -0.390 e. The molecule has 0 aromatic carbocycles. The molecule has 0 unspecified atom stereocenters. The molecule has 0 aromatic heterocycles. The molecule has 2 aliphatic carbocycles. The van der Waals surface area contributed by atoms with Crippen LogP contribution < -0.4 is 0 Å². The van der Waals surface area contributed by atoms with E-state index in [4.69, 9.17) is 0 Å². The number of carbonyl (C=O) groups excluding carboxylic acids is 1. The second kappa shape index (κ2) is 3.27. The van der Waals surface area contributed by atoms with E-state index in [1.165, 1.54) is 0 Å². The van der Waals surface area contributed by atoms with Gasteiger partial charge in [-0.2, -0.15) is 0 Å². The van der Waals surface area contributed by atoms with Gasteiger partial charge >= 0.3 is 0 Å². The molecular formula is C11H18O3Si. The Bertz CT molecular complexity index is 336. The van der Waals surface area contributed by atoms with Crippen molar-refractivity contribution >= 4 is 13.9 Å². The molecule has 2 aliphatic rings. The van der Waals surface area contributed by atoms with Crippen LogP contribution in [0, 0.1) is 5.92 Å². The largest absolute Gasteiger partial charge is 0.390 e. The number of ketones is 1. The van der Waals surface area contributed by atoms with Crippen molar-refractivity contribution in [2.45, 2.75) is 44.7 Å². The van der Waals surface area contributed by atoms with Crippen molar-refractivity contribution in [3.8, 4) is 0 Å². The topological polar surface area (TPSA) is 57.5 Å². The Morgan fingerprint density at radius 1 is 1.27 bits per heavy atom. The summed E-state index contributed by atoms with van der Waals surface area (Å²) in [5.41, 5.74) is 0.867. The lowest BCUT2D eigenvalue weighted by molar-refractivity contribution is -0.115. The number of fused-ring (bicyclic) bond motifs is 1. The summed E-state index contributed by atoms with van der Waals surface area (Å²) in [7, 11) is -1.69. The van der Waals surface area contributed by atoms with Crippen molar-refractivity contribution in [3.05, 3.63) is 10.8 Å². The summed E-state index contributed by atoms with van der Waals surface area (Å²) in [6, 6.07) is 0. The Balaban J connectivity index is 2.49. The van der Waals surface area contributed by atoms with Crippen molar-refractivity contribution in [3.63, 3.8) is 0 Å². The summed E-state index contributed by atoms with van der Waals surface area (Å²) in [5.74, 6) is 0.323. The second-order valence-electron chi connectivity index (χ2n) is 5.65. The van der Waals surface area contributed by atoms with Crippen molar-refractivity contribution in [2.75, 3.05) is 0 Å². The maximum atomic E-state index is 11.9. The van der Waals surface area contributed by atoms with Crippen molar-refractivity contribution in [1.82, 2.24) is 0 Å². The fourth-order valence-corrected chi connectivity index (χ4v) is 5.04. The van der Waals surface area contributed by atoms with Crippen LogP contribution in [0.2, 0.25) is 19.6 Å². The zero-order chi connectivity index (χ0) is 11.4. The van der Waals surface area contributed by atoms with E-state index in [0.29, 0.717) is 12.8 Å². The van der Waals surface area contributed by atoms with E-state index < -0.39 is 20.3 Å². The zero-order valence-electron chi connectivity index (χ0n) is 9.45. The first-order chi connectivity index (χ1) is 6.82. The molecule has 2 rings (SSSR count). The lowest BCUT2D eigenvalue weighted by Gasteiger charge is -2.21. The van der Waals surface area contributed by atoms with Crippen LogP contribution in [-0.4, -0.2) is 36.3 Å². The predicted octanol–water partition coefficient (Wildman–Crippen LogP) is 0.875. The van der Waals surface area contributed by atoms with Crippen LogP contribution in [0.4, 0.5) is 0 Å². The Kier molecular flexibility index (Phi) is 2.41. The summed E-state index contributed by atoms with van der Waals surface area (Å²) in [6.07, 6.45) is -0.396. The summed E-state index contributed by atoms with van der Waals surface area (Å²) in [4.78, 5) is 11.9. The summed E-state index contributed by atoms with van der Waals surface area (Å²) >= 11 is 0. The monoisotopic (exact) mass is 226 g/mol. The Hall–Kier alpha value is -0.453. The van der Waals surface area contributed by atoms with Crippen LogP contribution >= 0.6 is 0 Å². The van der Waals surface area contributed by atoms with Crippen molar-refractivity contribution < 1.29 is 15.0 Å². The number of Topliss-reactive ketones (excluding diaryl/α,β-unsaturated/α-hetero) is 1. The van der Waals surface area contributed by atoms with Crippen LogP contribution in [0.15, 0.2) is 10.8 Å². The summed E-state index contributed by atoms with van der Waals surface area (Å²) in [6.45, 7) is 6.35. The van der Waals surface area contributed by atoms with Crippen molar-refractivity contribution in [1.29, 1.82) is 0 Å². The first-order valence-electron chi connectivity index (χ1n) is 5.46. The quantitative estimate of drug-likeness (QED) is 0.652. The van der Waals surface area contributed by atoms with Gasteiger partial charge in [0.2, 0.25) is 0 Å². The van der Waals surface area contributed by atoms with Gasteiger partial charge in [0.25, 0.3) is 0 Å². The third-order valence-corrected chi connectivity index (χ3v) is 5.47. The second-order valence-corrected chi connectivity index (χ2v) is 10.7. The Labute approximate surface area is 90.8 Å². The first kappa shape index (κ1) is 11.0. The molecule has 3 nitrogen and oxygen atoms in total. The normalized spacial score (nSPS) is 36.3. The fraction of sp³-hybridized carbons (Fsp3) is 0.727. The molecule has 0 radical (unpaired) electrons. The molecule has 0 amide bonds. The number of allylic oxidation sites excluding steroid dienone is 1. The van der Waals surface area contributed by atoms with Crippen LogP contribution in [0.3, 0.4) is 0 Å². The average molecular weight is 226 g/mol. The van der Waals surface area contributed by atoms with Crippen LogP contribution in [-0.2, 0) is 4.79 Å². The molecule has 0 heterocycles. The van der Waals surface area contributed by atoms with Crippen LogP contribution in [0.1, 0.15) is 12.8 Å². The van der Waals surface area contributed by atoms with Gasteiger partial charge in [-0.1, -0.05) is 19.6 Å². The number of rotatable bonds is 1. The maximum Gasteiger partial charge on any atom is 0.155 e. The Morgan fingerprint density at radius 2 is 1.87 bits per heavy atom. The number of hydrogen-bond acceptors (Lipinski definition) is 3. The molecule has 1 fully saturated rings. The molecule has 15 heavy (non-hydrogen) atoms. The first-order valence-corrected chi connectivity index (χ1v) is 8.96. The molecule has 0 aliphatic heterocycles. The highest BCUT2D eigenvalue weighted by molar-refractivity contribution is 6.87. The predicted molar refractivity (Wildman–Crippen MR) is 60.1 cm³/mol. The minimum atomic E-state index is -1.69. The van der Waals surface area contributed by atoms with Crippen molar-refractivity contribution in [2.24, 2.45) is 5.92 Å². The van der Waals surface area contributed by atoms with Gasteiger partial charge in [0.15, 0.2) is 5.78 Å². The molecule has 4 heteroatoms. The lowest BCUT2D eigenvalue weighted by atomic mass is 10.1. The van der Waals surface area contributed by atoms with E-state index in [-0.39, 0.29) is 11.7 Å². The molecular weight excluding hydrogens is 208 g/mol. The molecule has 0 aromatic rings. The standard InChI is InChI=1S/C11H18O3Si/c1-15(2,3)11-8(13)5-6-4-7(12)10(14)9(6)11/h6-7,10,12,14H,4-5H2,1-3H3/t6-,7-,10+/m0/s1. The Morgan fingerprint density at radius 3 is 2.40 bits per heavy atom. The van der Waals surface area contributed by atoms with E-state index in [2.05, 4.69) is 19.6 Å². The smallest absolute Gasteiger partial charge is 0.155 e. The van der Waals surface area contributed by atoms with E-state index in [0.717, 1.165) is 10.8 Å². The molecule has 0 bridgehead atoms. The van der Waals surface area contributed by atoms with E-state index in [1.807, 2.05) is 0 Å². The van der Waals surface area contributed by atoms with Crippen LogP contribution in [0.5, 0.6) is 0 Å². The molecule has 84 valence electrons. The molecule has 1 saturated carbocycles. The van der Waals surface area contributed by atoms with Gasteiger partial charge in [0.1, 0.15) is 6.10 Å². The SMILES string of the molecule is C[Si](C)(C)C1=C2[C@H](CC1=O)C[C@H](O)[C@H]2O. The number of carbonyl (C=O) groups is 1. The lowest BCUT2D eigenvalue weighted by Crippen LogP contribution is -2.31. The third kappa shape index (κ3) is 1.60. The highest BCUT2D eigenvalue weighted by Gasteiger charge is 2.47. The number of aliphatic hydroxyl groups excluding tert-OH is 2. The van der Waals surface area contributed by atoms with Gasteiger partial charge in [0, 0.05) is 6.42 Å². The van der Waals surface area contributed by atoms with E-state index in [9.17, 15) is 15.0 Å². The number of hydrogen-bond donors (Lipinski definition) is 2. The van der Waals surface area contributed by atoms with Crippen LogP contribution in [0.25, 0.3) is 0 Å². The van der Waals surface area contributed by atoms with E-state index in [1.54, 1.807) is 0 Å². The molecule has 3 atom stereocenters. The average Bonchev–Trinajstić information content (AvgIpc) is 2.49. The molecule has 0 saturated heterocycles. The highest BCUT2D eigenvalue weighted by atomic mass is 28.3. The van der Waals surface area contributed by atoms with Gasteiger partial charge < -0.3 is 10.2 Å². The van der Waals surface area contributed by atoms with Gasteiger partial charge in [-0.25, -0.2) is 0 Å². The zero-order valence-corrected chi connectivity index (χ0v) is 10.4. The summed E-state index contributed by atoms with van der Waals surface area (Å²) < 4.78 is 0. The van der Waals surface area contributed by atoms with Gasteiger partial charge in [-0.15, -0.1) is 0 Å². The van der Waals surface area contributed by atoms with Gasteiger partial charge in [-0.05, 0) is 23.1 Å². The summed E-state index contributed by atoms with van der Waals surface area (Å²) in [5, 5.41) is 20.4. The number of aliphatic hydroxyl groups is 2. The van der Waals surface area contributed by atoms with Gasteiger partial charge in [0.05, 0.1) is 14.2 Å². The fourth-order valence-electron chi connectivity index (χ4n) is 2.88. The minimum absolute atomic E-state index is 0.115. The third-order valence-electron chi connectivity index (χ3n) is 3.40. The van der Waals surface area contributed by atoms with E-state index >= 15 is 0 Å². The molecule has 0 spiro atoms.